The van der Waals surface area contributed by atoms with E-state index < -0.39 is 18.8 Å². The number of hydrogen-bond acceptors (Lipinski definition) is 4. The third-order valence-electron chi connectivity index (χ3n) is 4.87. The molecule has 0 unspecified atom stereocenters. The second-order valence-corrected chi connectivity index (χ2v) is 6.84. The number of fused-ring (bicyclic) bond motifs is 3. The van der Waals surface area contributed by atoms with Crippen molar-refractivity contribution in [2.75, 3.05) is 13.6 Å². The van der Waals surface area contributed by atoms with Gasteiger partial charge in [0.05, 0.1) is 17.8 Å². The topological polar surface area (TPSA) is 91.7 Å². The van der Waals surface area contributed by atoms with E-state index in [9.17, 15) is 18.0 Å². The Kier molecular flexibility index (Phi) is 4.16. The Morgan fingerprint density at radius 3 is 3.00 bits per heavy atom. The van der Waals surface area contributed by atoms with Gasteiger partial charge in [-0.05, 0) is 25.3 Å². The SMILES string of the molecule is CN(CC(F)(F)F)C(=O)N[C@H]1CC[C@H](n2[nH]nc3cnc4nccc4c32)C1. The molecular weight excluding hydrogens is 363 g/mol. The summed E-state index contributed by atoms with van der Waals surface area (Å²) in [4.78, 5) is 21.1. The summed E-state index contributed by atoms with van der Waals surface area (Å²) < 4.78 is 39.2. The normalized spacial score (nSPS) is 20.4. The van der Waals surface area contributed by atoms with Gasteiger partial charge >= 0.3 is 12.2 Å². The second kappa shape index (κ2) is 6.39. The lowest BCUT2D eigenvalue weighted by atomic mass is 10.2. The van der Waals surface area contributed by atoms with Crippen LogP contribution in [0.1, 0.15) is 25.3 Å². The minimum absolute atomic E-state index is 0.0497. The quantitative estimate of drug-likeness (QED) is 0.730. The zero-order valence-corrected chi connectivity index (χ0v) is 14.5. The Balaban J connectivity index is 1.48. The van der Waals surface area contributed by atoms with Crippen LogP contribution in [0.25, 0.3) is 22.1 Å². The Hall–Kier alpha value is -2.85. The number of pyridine rings is 1. The van der Waals surface area contributed by atoms with Crippen molar-refractivity contribution in [2.24, 2.45) is 0 Å². The summed E-state index contributed by atoms with van der Waals surface area (Å²) in [5.74, 6) is 0. The van der Waals surface area contributed by atoms with Crippen LogP contribution in [0, 0.1) is 0 Å². The standard InChI is InChI=1S/C16H18F3N7O/c1-25(8-16(17,18)19)15(27)22-9-2-3-10(6-9)26-13-11-4-5-20-14(11)21-7-12(13)23-24-26/h4-5,7,9-10,24H,2-3,6,8H2,1H3,(H,22,27)/t9-,10-/m0/s1. The van der Waals surface area contributed by atoms with Crippen LogP contribution in [0.2, 0.25) is 0 Å². The molecule has 0 aliphatic heterocycles. The molecule has 3 heterocycles. The lowest BCUT2D eigenvalue weighted by molar-refractivity contribution is -0.137. The van der Waals surface area contributed by atoms with Gasteiger partial charge < -0.3 is 10.2 Å². The van der Waals surface area contributed by atoms with E-state index in [2.05, 4.69) is 25.6 Å². The van der Waals surface area contributed by atoms with Crippen LogP contribution >= 0.6 is 0 Å². The van der Waals surface area contributed by atoms with Gasteiger partial charge in [0.1, 0.15) is 12.1 Å². The van der Waals surface area contributed by atoms with Crippen LogP contribution in [-0.4, -0.2) is 61.7 Å². The summed E-state index contributed by atoms with van der Waals surface area (Å²) in [6.45, 7) is -1.27. The van der Waals surface area contributed by atoms with Crippen LogP contribution in [-0.2, 0) is 0 Å². The number of rotatable bonds is 3. The van der Waals surface area contributed by atoms with Crippen LogP contribution in [0.5, 0.6) is 0 Å². The van der Waals surface area contributed by atoms with E-state index in [-0.39, 0.29) is 12.1 Å². The molecule has 1 aliphatic carbocycles. The van der Waals surface area contributed by atoms with Gasteiger partial charge in [0.25, 0.3) is 0 Å². The van der Waals surface area contributed by atoms with Crippen LogP contribution < -0.4 is 5.32 Å². The Labute approximate surface area is 151 Å². The van der Waals surface area contributed by atoms with E-state index in [1.165, 1.54) is 0 Å². The molecule has 1 aliphatic rings. The lowest BCUT2D eigenvalue weighted by Gasteiger charge is -2.22. The van der Waals surface area contributed by atoms with Crippen molar-refractivity contribution < 1.29 is 18.0 Å². The number of carbonyl (C=O) groups excluding carboxylic acids is 1. The number of alkyl halides is 3. The highest BCUT2D eigenvalue weighted by Crippen LogP contribution is 2.33. The minimum atomic E-state index is -4.41. The highest BCUT2D eigenvalue weighted by atomic mass is 19.4. The van der Waals surface area contributed by atoms with Crippen LogP contribution in [0.4, 0.5) is 18.0 Å². The summed E-state index contributed by atoms with van der Waals surface area (Å²) >= 11 is 0. The molecule has 0 bridgehead atoms. The molecule has 3 aromatic rings. The molecule has 0 aromatic carbocycles. The van der Waals surface area contributed by atoms with E-state index in [0.29, 0.717) is 28.9 Å². The van der Waals surface area contributed by atoms with Crippen molar-refractivity contribution >= 4 is 28.1 Å². The van der Waals surface area contributed by atoms with Gasteiger partial charge in [0.15, 0.2) is 5.65 Å². The Bertz CT molecular complexity index is 979. The highest BCUT2D eigenvalue weighted by molar-refractivity contribution is 6.00. The number of halogens is 3. The third kappa shape index (κ3) is 3.40. The number of H-pyrrole nitrogens is 1. The second-order valence-electron chi connectivity index (χ2n) is 6.84. The number of nitrogens with one attached hydrogen (secondary N) is 2. The molecule has 2 amide bonds. The summed E-state index contributed by atoms with van der Waals surface area (Å²) in [7, 11) is 1.14. The van der Waals surface area contributed by atoms with E-state index in [0.717, 1.165) is 24.4 Å². The molecule has 11 heteroatoms. The average molecular weight is 381 g/mol. The molecule has 0 saturated heterocycles. The first-order valence-corrected chi connectivity index (χ1v) is 8.56. The zero-order chi connectivity index (χ0) is 19.2. The summed E-state index contributed by atoms with van der Waals surface area (Å²) in [6, 6.07) is 1.01. The Morgan fingerprint density at radius 1 is 1.41 bits per heavy atom. The number of nitrogens with zero attached hydrogens (tertiary/aromatic N) is 5. The van der Waals surface area contributed by atoms with Crippen molar-refractivity contribution in [3.63, 3.8) is 0 Å². The average Bonchev–Trinajstić information content (AvgIpc) is 3.30. The minimum Gasteiger partial charge on any atom is -0.335 e. The fourth-order valence-corrected chi connectivity index (χ4v) is 3.64. The van der Waals surface area contributed by atoms with Crippen molar-refractivity contribution in [3.8, 4) is 0 Å². The maximum atomic E-state index is 12.4. The zero-order valence-electron chi connectivity index (χ0n) is 14.5. The van der Waals surface area contributed by atoms with E-state index in [1.807, 2.05) is 10.7 Å². The number of hydrogen-bond donors (Lipinski definition) is 2. The summed E-state index contributed by atoms with van der Waals surface area (Å²) in [6.07, 6.45) is 0.971. The monoisotopic (exact) mass is 381 g/mol. The molecule has 0 spiro atoms. The maximum absolute atomic E-state index is 12.4. The lowest BCUT2D eigenvalue weighted by Crippen LogP contribution is -2.45. The number of urea groups is 1. The smallest absolute Gasteiger partial charge is 0.335 e. The summed E-state index contributed by atoms with van der Waals surface area (Å²) in [5.41, 5.74) is 2.24. The van der Waals surface area contributed by atoms with Gasteiger partial charge in [-0.1, -0.05) is 0 Å². The highest BCUT2D eigenvalue weighted by Gasteiger charge is 2.33. The van der Waals surface area contributed by atoms with Gasteiger partial charge in [0.2, 0.25) is 0 Å². The van der Waals surface area contributed by atoms with Crippen molar-refractivity contribution in [1.29, 1.82) is 0 Å². The molecule has 3 aromatic heterocycles. The number of aromatic nitrogens is 5. The van der Waals surface area contributed by atoms with Gasteiger partial charge in [-0.2, -0.15) is 18.3 Å². The first kappa shape index (κ1) is 17.6. The fraction of sp³-hybridized carbons (Fsp3) is 0.500. The molecule has 1 saturated carbocycles. The molecule has 144 valence electrons. The maximum Gasteiger partial charge on any atom is 0.406 e. The molecule has 1 fully saturated rings. The molecule has 27 heavy (non-hydrogen) atoms. The number of aromatic amines is 1. The van der Waals surface area contributed by atoms with Crippen molar-refractivity contribution in [1.82, 2.24) is 35.2 Å². The number of carbonyl (C=O) groups is 1. The first-order chi connectivity index (χ1) is 12.8. The molecule has 2 N–H and O–H groups in total. The predicted octanol–water partition coefficient (Wildman–Crippen LogP) is 2.60. The molecule has 8 nitrogen and oxygen atoms in total. The molecule has 2 atom stereocenters. The number of amides is 2. The fourth-order valence-electron chi connectivity index (χ4n) is 3.64. The molecule has 4 rings (SSSR count). The van der Waals surface area contributed by atoms with Crippen molar-refractivity contribution in [3.05, 3.63) is 18.5 Å². The van der Waals surface area contributed by atoms with Gasteiger partial charge in [-0.15, -0.1) is 0 Å². The molecular formula is C16H18F3N7O. The summed E-state index contributed by atoms with van der Waals surface area (Å²) in [5, 5.41) is 10.8. The third-order valence-corrected chi connectivity index (χ3v) is 4.87. The van der Waals surface area contributed by atoms with Gasteiger partial charge in [0, 0.05) is 24.7 Å². The van der Waals surface area contributed by atoms with Gasteiger partial charge in [-0.3, -0.25) is 4.68 Å². The van der Waals surface area contributed by atoms with E-state index in [4.69, 9.17) is 0 Å². The first-order valence-electron chi connectivity index (χ1n) is 8.56. The Morgan fingerprint density at radius 2 is 2.22 bits per heavy atom. The van der Waals surface area contributed by atoms with E-state index in [1.54, 1.807) is 12.4 Å². The van der Waals surface area contributed by atoms with Crippen LogP contribution in [0.15, 0.2) is 18.5 Å². The molecule has 0 radical (unpaired) electrons. The van der Waals surface area contributed by atoms with E-state index >= 15 is 0 Å². The largest absolute Gasteiger partial charge is 0.406 e. The van der Waals surface area contributed by atoms with Crippen molar-refractivity contribution in [2.45, 2.75) is 37.5 Å². The van der Waals surface area contributed by atoms with Gasteiger partial charge in [-0.25, -0.2) is 20.0 Å². The van der Waals surface area contributed by atoms with Crippen LogP contribution in [0.3, 0.4) is 0 Å². The predicted molar refractivity (Wildman–Crippen MR) is 91.1 cm³/mol.